The van der Waals surface area contributed by atoms with Crippen molar-refractivity contribution >= 4 is 6.21 Å². The van der Waals surface area contributed by atoms with Crippen LogP contribution in [0.2, 0.25) is 0 Å². The molecule has 0 spiro atoms. The number of hydrogen-bond acceptors (Lipinski definition) is 1. The molecule has 0 fully saturated rings. The van der Waals surface area contributed by atoms with E-state index in [4.69, 9.17) is 0 Å². The van der Waals surface area contributed by atoms with Crippen LogP contribution in [0.5, 0.6) is 0 Å². The monoisotopic (exact) mass is 187 g/mol. The van der Waals surface area contributed by atoms with Gasteiger partial charge in [0.1, 0.15) is 7.05 Å². The Morgan fingerprint density at radius 3 is 2.79 bits per heavy atom. The summed E-state index contributed by atoms with van der Waals surface area (Å²) in [5.74, 6) is 5.83. The van der Waals surface area contributed by atoms with Crippen molar-refractivity contribution in [3.63, 3.8) is 0 Å². The molecule has 0 saturated carbocycles. The van der Waals surface area contributed by atoms with Crippen LogP contribution < -0.4 is 0 Å². The molecular formula is C12H13NO. The lowest BCUT2D eigenvalue weighted by atomic mass is 10.1. The van der Waals surface area contributed by atoms with Gasteiger partial charge in [-0.3, -0.25) is 0 Å². The van der Waals surface area contributed by atoms with Crippen LogP contribution in [-0.2, 0) is 6.42 Å². The van der Waals surface area contributed by atoms with E-state index in [9.17, 15) is 5.21 Å². The van der Waals surface area contributed by atoms with E-state index in [0.29, 0.717) is 6.42 Å². The molecule has 0 radical (unpaired) electrons. The molecule has 1 aromatic rings. The maximum atomic E-state index is 10.9. The molecule has 2 heteroatoms. The molecule has 0 N–H and O–H groups in total. The van der Waals surface area contributed by atoms with Crippen molar-refractivity contribution < 1.29 is 4.74 Å². The number of hydrogen-bond donors (Lipinski definition) is 0. The fourth-order valence-corrected chi connectivity index (χ4v) is 1.20. The van der Waals surface area contributed by atoms with Gasteiger partial charge in [0.05, 0.1) is 0 Å². The van der Waals surface area contributed by atoms with Crippen molar-refractivity contribution in [3.05, 3.63) is 40.6 Å². The highest BCUT2D eigenvalue weighted by molar-refractivity contribution is 5.78. The summed E-state index contributed by atoms with van der Waals surface area (Å²) in [5, 5.41) is 10.9. The normalized spacial score (nSPS) is 10.6. The van der Waals surface area contributed by atoms with Crippen LogP contribution in [0.4, 0.5) is 0 Å². The van der Waals surface area contributed by atoms with Crippen LogP contribution in [0, 0.1) is 17.0 Å². The zero-order valence-electron chi connectivity index (χ0n) is 8.45. The quantitative estimate of drug-likeness (QED) is 0.228. The van der Waals surface area contributed by atoms with Crippen LogP contribution in [0.1, 0.15) is 18.1 Å². The molecule has 0 unspecified atom stereocenters. The highest BCUT2D eigenvalue weighted by atomic mass is 16.5. The Kier molecular flexibility index (Phi) is 3.75. The zero-order chi connectivity index (χ0) is 10.4. The first-order chi connectivity index (χ1) is 6.74. The van der Waals surface area contributed by atoms with Crippen molar-refractivity contribution in [1.29, 1.82) is 0 Å². The molecule has 0 bridgehead atoms. The fourth-order valence-electron chi connectivity index (χ4n) is 1.20. The van der Waals surface area contributed by atoms with Crippen LogP contribution in [-0.4, -0.2) is 18.0 Å². The average molecular weight is 187 g/mol. The first-order valence-electron chi connectivity index (χ1n) is 4.46. The summed E-state index contributed by atoms with van der Waals surface area (Å²) in [6.07, 6.45) is 2.25. The third kappa shape index (κ3) is 2.95. The van der Waals surface area contributed by atoms with E-state index in [1.165, 1.54) is 7.05 Å². The molecule has 0 aromatic heterocycles. The molecule has 72 valence electrons. The molecule has 0 amide bonds. The summed E-state index contributed by atoms with van der Waals surface area (Å²) in [5.41, 5.74) is 2.03. The Labute approximate surface area is 84.5 Å². The van der Waals surface area contributed by atoms with Gasteiger partial charge in [-0.15, -0.1) is 5.92 Å². The topological polar surface area (TPSA) is 26.1 Å². The molecular weight excluding hydrogens is 174 g/mol. The predicted molar refractivity (Wildman–Crippen MR) is 58.3 cm³/mol. The lowest BCUT2D eigenvalue weighted by molar-refractivity contribution is -0.416. The third-order valence-corrected chi connectivity index (χ3v) is 1.83. The van der Waals surface area contributed by atoms with Crippen LogP contribution in [0.15, 0.2) is 24.3 Å². The standard InChI is InChI=1S/C12H13NO/c1-3-4-7-11-8-5-6-9-12(11)10-13(2)14/h5-6,8-10H,7H2,1-2H3/b13-10-. The minimum absolute atomic E-state index is 0.691. The molecule has 0 saturated heterocycles. The smallest absolute Gasteiger partial charge is 0.181 e. The SMILES string of the molecule is CC#CCc1ccccc1/C=[N+](/C)[O-]. The van der Waals surface area contributed by atoms with Crippen LogP contribution >= 0.6 is 0 Å². The number of nitrogens with zero attached hydrogens (tertiary/aromatic N) is 1. The number of benzene rings is 1. The van der Waals surface area contributed by atoms with E-state index in [1.54, 1.807) is 6.21 Å². The van der Waals surface area contributed by atoms with Gasteiger partial charge in [0.25, 0.3) is 0 Å². The maximum Gasteiger partial charge on any atom is 0.181 e. The van der Waals surface area contributed by atoms with Gasteiger partial charge in [-0.1, -0.05) is 24.1 Å². The van der Waals surface area contributed by atoms with Gasteiger partial charge in [-0.2, -0.15) is 0 Å². The molecule has 14 heavy (non-hydrogen) atoms. The molecule has 2 nitrogen and oxygen atoms in total. The number of hydroxylamine groups is 1. The minimum atomic E-state index is 0.691. The van der Waals surface area contributed by atoms with Crippen LogP contribution in [0.3, 0.4) is 0 Å². The summed E-state index contributed by atoms with van der Waals surface area (Å²) in [4.78, 5) is 0. The van der Waals surface area contributed by atoms with E-state index in [2.05, 4.69) is 11.8 Å². The molecule has 1 rings (SSSR count). The second-order valence-electron chi connectivity index (χ2n) is 2.98. The van der Waals surface area contributed by atoms with Gasteiger partial charge >= 0.3 is 0 Å². The van der Waals surface area contributed by atoms with Crippen molar-refractivity contribution in [1.82, 2.24) is 0 Å². The molecule has 0 aliphatic heterocycles. The van der Waals surface area contributed by atoms with E-state index >= 15 is 0 Å². The van der Waals surface area contributed by atoms with Gasteiger partial charge < -0.3 is 5.21 Å². The Hall–Kier alpha value is -1.75. The summed E-state index contributed by atoms with van der Waals surface area (Å²) in [6, 6.07) is 7.77. The second-order valence-corrected chi connectivity index (χ2v) is 2.98. The van der Waals surface area contributed by atoms with Crippen molar-refractivity contribution in [2.75, 3.05) is 7.05 Å². The summed E-state index contributed by atoms with van der Waals surface area (Å²) < 4.78 is 0.804. The first-order valence-corrected chi connectivity index (χ1v) is 4.46. The second kappa shape index (κ2) is 5.08. The average Bonchev–Trinajstić information content (AvgIpc) is 2.16. The Bertz CT molecular complexity index is 392. The highest BCUT2D eigenvalue weighted by Gasteiger charge is 1.99. The third-order valence-electron chi connectivity index (χ3n) is 1.83. The van der Waals surface area contributed by atoms with Crippen LogP contribution in [0.25, 0.3) is 0 Å². The summed E-state index contributed by atoms with van der Waals surface area (Å²) in [6.45, 7) is 1.81. The zero-order valence-corrected chi connectivity index (χ0v) is 8.45. The molecule has 0 aliphatic rings. The van der Waals surface area contributed by atoms with E-state index in [-0.39, 0.29) is 0 Å². The largest absolute Gasteiger partial charge is 0.624 e. The molecule has 1 aromatic carbocycles. The first kappa shape index (κ1) is 10.3. The Morgan fingerprint density at radius 2 is 2.14 bits per heavy atom. The van der Waals surface area contributed by atoms with Gasteiger partial charge in [-0.05, 0) is 18.6 Å². The lowest BCUT2D eigenvalue weighted by Gasteiger charge is -2.01. The molecule has 0 aliphatic carbocycles. The summed E-state index contributed by atoms with van der Waals surface area (Å²) in [7, 11) is 1.47. The molecule has 0 atom stereocenters. The van der Waals surface area contributed by atoms with Gasteiger partial charge in [0, 0.05) is 12.0 Å². The Balaban J connectivity index is 3.01. The van der Waals surface area contributed by atoms with Crippen molar-refractivity contribution in [2.45, 2.75) is 13.3 Å². The summed E-state index contributed by atoms with van der Waals surface area (Å²) >= 11 is 0. The number of rotatable bonds is 2. The molecule has 0 heterocycles. The highest BCUT2D eigenvalue weighted by Crippen LogP contribution is 2.06. The fraction of sp³-hybridized carbons (Fsp3) is 0.250. The van der Waals surface area contributed by atoms with Crippen molar-refractivity contribution in [2.24, 2.45) is 0 Å². The predicted octanol–water partition coefficient (Wildman–Crippen LogP) is 1.81. The van der Waals surface area contributed by atoms with Crippen molar-refractivity contribution in [3.8, 4) is 11.8 Å². The van der Waals surface area contributed by atoms with E-state index in [0.717, 1.165) is 15.9 Å². The van der Waals surface area contributed by atoms with Gasteiger partial charge in [0.2, 0.25) is 0 Å². The maximum absolute atomic E-state index is 10.9. The van der Waals surface area contributed by atoms with Gasteiger partial charge in [0.15, 0.2) is 6.21 Å². The minimum Gasteiger partial charge on any atom is -0.624 e. The van der Waals surface area contributed by atoms with E-state index in [1.807, 2.05) is 31.2 Å². The van der Waals surface area contributed by atoms with Gasteiger partial charge in [-0.25, -0.2) is 4.74 Å². The van der Waals surface area contributed by atoms with E-state index < -0.39 is 0 Å². The lowest BCUT2D eigenvalue weighted by Crippen LogP contribution is -2.00. The Morgan fingerprint density at radius 1 is 1.43 bits per heavy atom.